The van der Waals surface area contributed by atoms with Crippen molar-refractivity contribution in [2.75, 3.05) is 5.75 Å². The molecule has 6 N–H and O–H groups in total. The van der Waals surface area contributed by atoms with E-state index >= 15 is 0 Å². The number of hydrogen-bond donors (Lipinski definition) is 5. The summed E-state index contributed by atoms with van der Waals surface area (Å²) < 4.78 is 26.5. The molecule has 0 aliphatic heterocycles. The first-order valence-electron chi connectivity index (χ1n) is 11.2. The highest BCUT2D eigenvalue weighted by atomic mass is 35.5. The van der Waals surface area contributed by atoms with Crippen LogP contribution in [0.15, 0.2) is 29.2 Å². The number of aromatic carboxylic acids is 1. The Labute approximate surface area is 211 Å². The maximum absolute atomic E-state index is 13.6. The number of aromatic amines is 1. The Bertz CT molecular complexity index is 1520. The van der Waals surface area contributed by atoms with Crippen molar-refractivity contribution < 1.29 is 33.0 Å². The summed E-state index contributed by atoms with van der Waals surface area (Å²) in [5, 5.41) is 24.3. The molecule has 0 bridgehead atoms. The molecular weight excluding hydrogens is 510 g/mol. The van der Waals surface area contributed by atoms with Crippen molar-refractivity contribution in [3.8, 4) is 16.9 Å². The zero-order chi connectivity index (χ0) is 26.4. The number of primary amides is 1. The first-order chi connectivity index (χ1) is 17.0. The molecule has 1 fully saturated rings. The number of carbonyl (C=O) groups is 3. The zero-order valence-corrected chi connectivity index (χ0v) is 20.8. The number of aromatic nitrogens is 1. The molecule has 12 heteroatoms. The highest BCUT2D eigenvalue weighted by Crippen LogP contribution is 2.44. The minimum absolute atomic E-state index is 0.157. The largest absolute Gasteiger partial charge is 0.506 e. The lowest BCUT2D eigenvalue weighted by Gasteiger charge is -2.20. The van der Waals surface area contributed by atoms with E-state index in [4.69, 9.17) is 17.3 Å². The van der Waals surface area contributed by atoms with Gasteiger partial charge in [0.2, 0.25) is 0 Å². The van der Waals surface area contributed by atoms with Gasteiger partial charge in [0.25, 0.3) is 11.8 Å². The molecule has 0 radical (unpaired) electrons. The fourth-order valence-corrected chi connectivity index (χ4v) is 5.91. The third-order valence-electron chi connectivity index (χ3n) is 6.39. The minimum atomic E-state index is -4.17. The summed E-state index contributed by atoms with van der Waals surface area (Å²) in [6.45, 7) is 1.36. The second kappa shape index (κ2) is 9.47. The Morgan fingerprint density at radius 2 is 1.83 bits per heavy atom. The Morgan fingerprint density at radius 3 is 2.42 bits per heavy atom. The van der Waals surface area contributed by atoms with E-state index in [0.29, 0.717) is 18.4 Å². The maximum atomic E-state index is 13.6. The average molecular weight is 534 g/mol. The van der Waals surface area contributed by atoms with Gasteiger partial charge >= 0.3 is 5.97 Å². The number of carboxylic acids is 1. The third kappa shape index (κ3) is 4.40. The Kier molecular flexibility index (Phi) is 6.72. The third-order valence-corrected chi connectivity index (χ3v) is 8.37. The van der Waals surface area contributed by atoms with Crippen molar-refractivity contribution in [1.82, 2.24) is 10.3 Å². The van der Waals surface area contributed by atoms with Crippen LogP contribution in [-0.2, 0) is 9.84 Å². The Hall–Kier alpha value is -3.57. The number of fused-ring (bicyclic) bond motifs is 1. The number of carbonyl (C=O) groups excluding carboxylic acids is 2. The van der Waals surface area contributed by atoms with Crippen molar-refractivity contribution >= 4 is 50.1 Å². The van der Waals surface area contributed by atoms with Gasteiger partial charge in [-0.05, 0) is 37.1 Å². The number of carboxylic acid groups (broad SMARTS) is 1. The van der Waals surface area contributed by atoms with Gasteiger partial charge in [0.1, 0.15) is 11.4 Å². The van der Waals surface area contributed by atoms with Crippen molar-refractivity contribution in [3.05, 3.63) is 46.1 Å². The van der Waals surface area contributed by atoms with Crippen LogP contribution in [-0.4, -0.2) is 53.2 Å². The van der Waals surface area contributed by atoms with Gasteiger partial charge in [0, 0.05) is 33.1 Å². The molecule has 1 aliphatic carbocycles. The topological polar surface area (TPSA) is 180 Å². The number of amides is 2. The van der Waals surface area contributed by atoms with Crippen molar-refractivity contribution in [2.45, 2.75) is 43.5 Å². The second-order valence-corrected chi connectivity index (χ2v) is 11.3. The van der Waals surface area contributed by atoms with Gasteiger partial charge in [-0.2, -0.15) is 0 Å². The summed E-state index contributed by atoms with van der Waals surface area (Å²) in [6.07, 6.45) is 3.12. The Balaban J connectivity index is 2.19. The summed E-state index contributed by atoms with van der Waals surface area (Å²) in [5.74, 6) is -4.70. The number of nitrogens with one attached hydrogen (secondary N) is 2. The summed E-state index contributed by atoms with van der Waals surface area (Å²) in [5.41, 5.74) is 3.69. The molecule has 4 rings (SSSR count). The fourth-order valence-electron chi connectivity index (χ4n) is 4.62. The molecule has 1 heterocycles. The molecule has 0 atom stereocenters. The molecule has 0 saturated heterocycles. The van der Waals surface area contributed by atoms with Crippen molar-refractivity contribution in [2.24, 2.45) is 5.73 Å². The van der Waals surface area contributed by atoms with Crippen LogP contribution in [0.4, 0.5) is 0 Å². The summed E-state index contributed by atoms with van der Waals surface area (Å²) in [4.78, 5) is 40.2. The SMILES string of the molecule is CCS(=O)(=O)c1cc(C(N)=O)c(O)c(C(=O)NC2CCCC2)c1-c1c(C(=O)O)[nH]c2ccc(Cl)cc12. The monoisotopic (exact) mass is 533 g/mol. The molecule has 190 valence electrons. The predicted octanol–water partition coefficient (Wildman–Crippen LogP) is 3.46. The van der Waals surface area contributed by atoms with Gasteiger partial charge in [0.05, 0.1) is 21.8 Å². The molecule has 36 heavy (non-hydrogen) atoms. The van der Waals surface area contributed by atoms with Crippen LogP contribution < -0.4 is 11.1 Å². The van der Waals surface area contributed by atoms with Crippen LogP contribution in [0.2, 0.25) is 5.02 Å². The molecule has 2 aromatic carbocycles. The van der Waals surface area contributed by atoms with Gasteiger partial charge in [-0.1, -0.05) is 31.4 Å². The van der Waals surface area contributed by atoms with Crippen molar-refractivity contribution in [1.29, 1.82) is 0 Å². The van der Waals surface area contributed by atoms with Crippen molar-refractivity contribution in [3.63, 3.8) is 0 Å². The molecule has 1 aliphatic rings. The first kappa shape index (κ1) is 25.5. The van der Waals surface area contributed by atoms with E-state index in [0.717, 1.165) is 18.9 Å². The van der Waals surface area contributed by atoms with E-state index in [1.54, 1.807) is 0 Å². The van der Waals surface area contributed by atoms with E-state index in [2.05, 4.69) is 10.3 Å². The number of benzene rings is 2. The Morgan fingerprint density at radius 1 is 1.17 bits per heavy atom. The molecule has 3 aromatic rings. The molecule has 2 amide bonds. The average Bonchev–Trinajstić information content (AvgIpc) is 3.45. The van der Waals surface area contributed by atoms with Crippen LogP contribution >= 0.6 is 11.6 Å². The summed E-state index contributed by atoms with van der Waals surface area (Å²) in [7, 11) is -4.17. The van der Waals surface area contributed by atoms with Gasteiger partial charge in [-0.15, -0.1) is 0 Å². The number of halogens is 1. The van der Waals surface area contributed by atoms with Gasteiger partial charge < -0.3 is 26.2 Å². The fraction of sp³-hybridized carbons (Fsp3) is 0.292. The molecule has 0 spiro atoms. The van der Waals surface area contributed by atoms with Gasteiger partial charge in [0.15, 0.2) is 9.84 Å². The number of H-pyrrole nitrogens is 1. The number of rotatable bonds is 7. The molecule has 1 aromatic heterocycles. The van der Waals surface area contributed by atoms with Crippen LogP contribution in [0.25, 0.3) is 22.0 Å². The van der Waals surface area contributed by atoms with Gasteiger partial charge in [-0.3, -0.25) is 9.59 Å². The zero-order valence-electron chi connectivity index (χ0n) is 19.2. The second-order valence-electron chi connectivity index (χ2n) is 8.61. The highest BCUT2D eigenvalue weighted by Gasteiger charge is 2.35. The van der Waals surface area contributed by atoms with Crippen LogP contribution in [0.3, 0.4) is 0 Å². The van der Waals surface area contributed by atoms with E-state index in [9.17, 15) is 33.0 Å². The van der Waals surface area contributed by atoms with E-state index in [-0.39, 0.29) is 27.6 Å². The first-order valence-corrected chi connectivity index (χ1v) is 13.3. The number of nitrogens with two attached hydrogens (primary N) is 1. The van der Waals surface area contributed by atoms with Gasteiger partial charge in [-0.25, -0.2) is 13.2 Å². The lowest BCUT2D eigenvalue weighted by molar-refractivity contribution is 0.0691. The molecule has 10 nitrogen and oxygen atoms in total. The standard InChI is InChI=1S/C24H24ClN3O7S/c1-2-36(34,35)16-10-14(22(26)30)21(29)19(23(31)27-12-5-3-4-6-12)18(16)17-13-9-11(25)7-8-15(13)28-20(17)24(32)33/h7-10,12,28-29H,2-6H2,1H3,(H2,26,30)(H,27,31)(H,32,33). The maximum Gasteiger partial charge on any atom is 0.352 e. The lowest BCUT2D eigenvalue weighted by atomic mass is 9.92. The predicted molar refractivity (Wildman–Crippen MR) is 133 cm³/mol. The quantitative estimate of drug-likeness (QED) is 0.308. The normalized spacial score (nSPS) is 14.3. The van der Waals surface area contributed by atoms with E-state index in [1.165, 1.54) is 25.1 Å². The summed E-state index contributed by atoms with van der Waals surface area (Å²) >= 11 is 6.17. The number of phenols is 1. The van der Waals surface area contributed by atoms with E-state index in [1.807, 2.05) is 0 Å². The van der Waals surface area contributed by atoms with Crippen LogP contribution in [0.1, 0.15) is 63.8 Å². The summed E-state index contributed by atoms with van der Waals surface area (Å²) in [6, 6.07) is 5.10. The smallest absolute Gasteiger partial charge is 0.352 e. The number of sulfone groups is 1. The minimum Gasteiger partial charge on any atom is -0.506 e. The highest BCUT2D eigenvalue weighted by molar-refractivity contribution is 7.91. The molecule has 1 saturated carbocycles. The molecular formula is C24H24ClN3O7S. The van der Waals surface area contributed by atoms with E-state index < -0.39 is 60.8 Å². The van der Waals surface area contributed by atoms with Crippen LogP contribution in [0, 0.1) is 0 Å². The lowest BCUT2D eigenvalue weighted by Crippen LogP contribution is -2.33. The molecule has 0 unspecified atom stereocenters. The number of aromatic hydroxyl groups is 1. The number of hydrogen-bond acceptors (Lipinski definition) is 6. The van der Waals surface area contributed by atoms with Crippen LogP contribution in [0.5, 0.6) is 5.75 Å².